The van der Waals surface area contributed by atoms with Gasteiger partial charge in [0.2, 0.25) is 17.4 Å². The van der Waals surface area contributed by atoms with Crippen LogP contribution < -0.4 is 15.4 Å². The lowest BCUT2D eigenvalue weighted by Crippen LogP contribution is -2.99. The number of nitrogens with one attached hydrogen (secondary N) is 1. The molecule has 4 atom stereocenters. The van der Waals surface area contributed by atoms with Gasteiger partial charge in [-0.05, 0) is 12.1 Å². The number of likely N-dealkylation sites (tertiary alicyclic amines) is 1. The van der Waals surface area contributed by atoms with Crippen molar-refractivity contribution in [3.8, 4) is 5.75 Å². The summed E-state index contributed by atoms with van der Waals surface area (Å²) in [6, 6.07) is 14.7. The van der Waals surface area contributed by atoms with Crippen LogP contribution in [-0.4, -0.2) is 35.8 Å². The lowest BCUT2D eigenvalue weighted by molar-refractivity contribution is -0.738. The minimum Gasteiger partial charge on any atom is -0.496 e. The van der Waals surface area contributed by atoms with Gasteiger partial charge in [-0.3, -0.25) is 19.3 Å². The molecule has 3 N–H and O–H groups in total. The summed E-state index contributed by atoms with van der Waals surface area (Å²) < 4.78 is 5.42. The number of amides is 3. The number of para-hydroxylation sites is 2. The van der Waals surface area contributed by atoms with Crippen LogP contribution in [0.5, 0.6) is 5.75 Å². The number of nitrogens with two attached hydrogens (primary N) is 1. The highest BCUT2D eigenvalue weighted by Gasteiger charge is 2.74. The predicted octanol–water partition coefficient (Wildman–Crippen LogP) is 1.25. The largest absolute Gasteiger partial charge is 0.496 e. The third kappa shape index (κ3) is 2.59. The molecule has 0 aromatic heterocycles. The van der Waals surface area contributed by atoms with Crippen LogP contribution in [0.4, 0.5) is 5.69 Å². The molecule has 0 radical (unpaired) electrons. The first-order valence-electron chi connectivity index (χ1n) is 10.6. The van der Waals surface area contributed by atoms with E-state index >= 15 is 0 Å². The Morgan fingerprint density at radius 3 is 2.52 bits per heavy atom. The highest BCUT2D eigenvalue weighted by Crippen LogP contribution is 2.50. The van der Waals surface area contributed by atoms with Crippen LogP contribution in [0.15, 0.2) is 48.5 Å². The molecule has 7 heteroatoms. The van der Waals surface area contributed by atoms with Crippen molar-refractivity contribution in [2.45, 2.75) is 32.0 Å². The minimum atomic E-state index is -1.11. The lowest BCUT2D eigenvalue weighted by Gasteiger charge is -2.27. The zero-order valence-corrected chi connectivity index (χ0v) is 17.8. The molecule has 0 saturated carbocycles. The second kappa shape index (κ2) is 6.92. The van der Waals surface area contributed by atoms with E-state index in [0.29, 0.717) is 5.75 Å². The van der Waals surface area contributed by atoms with Crippen LogP contribution in [0, 0.1) is 17.8 Å². The summed E-state index contributed by atoms with van der Waals surface area (Å²) in [7, 11) is 1.57. The predicted molar refractivity (Wildman–Crippen MR) is 113 cm³/mol. The normalized spacial score (nSPS) is 29.0. The summed E-state index contributed by atoms with van der Waals surface area (Å²) in [6.45, 7) is 4.21. The van der Waals surface area contributed by atoms with Crippen molar-refractivity contribution in [1.29, 1.82) is 0 Å². The van der Waals surface area contributed by atoms with Crippen molar-refractivity contribution in [3.63, 3.8) is 0 Å². The molecule has 31 heavy (non-hydrogen) atoms. The van der Waals surface area contributed by atoms with Gasteiger partial charge in [-0.1, -0.05) is 50.2 Å². The fraction of sp³-hybridized carbons (Fsp3) is 0.375. The molecule has 1 spiro atoms. The first-order valence-corrected chi connectivity index (χ1v) is 10.6. The first-order chi connectivity index (χ1) is 14.9. The summed E-state index contributed by atoms with van der Waals surface area (Å²) in [5, 5.41) is 4.92. The Labute approximate surface area is 180 Å². The van der Waals surface area contributed by atoms with Crippen LogP contribution in [-0.2, 0) is 26.5 Å². The maximum atomic E-state index is 13.8. The van der Waals surface area contributed by atoms with Crippen LogP contribution >= 0.6 is 0 Å². The fourth-order valence-corrected chi connectivity index (χ4v) is 5.67. The van der Waals surface area contributed by atoms with Crippen molar-refractivity contribution >= 4 is 23.4 Å². The number of benzene rings is 2. The van der Waals surface area contributed by atoms with Gasteiger partial charge in [0.15, 0.2) is 0 Å². The smallest absolute Gasteiger partial charge is 0.291 e. The van der Waals surface area contributed by atoms with Gasteiger partial charge >= 0.3 is 0 Å². The van der Waals surface area contributed by atoms with E-state index in [1.165, 1.54) is 4.90 Å². The fourth-order valence-electron chi connectivity index (χ4n) is 5.67. The Kier molecular flexibility index (Phi) is 4.41. The van der Waals surface area contributed by atoms with E-state index < -0.39 is 17.4 Å². The molecule has 3 heterocycles. The number of imide groups is 1. The van der Waals surface area contributed by atoms with E-state index in [-0.39, 0.29) is 36.2 Å². The average Bonchev–Trinajstić information content (AvgIpc) is 3.35. The maximum Gasteiger partial charge on any atom is 0.291 e. The number of rotatable bonds is 4. The minimum absolute atomic E-state index is 0.121. The van der Waals surface area contributed by atoms with Crippen molar-refractivity contribution in [1.82, 2.24) is 4.90 Å². The van der Waals surface area contributed by atoms with Gasteiger partial charge < -0.3 is 15.4 Å². The molecular formula is C24H26N3O4+. The van der Waals surface area contributed by atoms with Crippen LogP contribution in [0.25, 0.3) is 0 Å². The Hall–Kier alpha value is -3.19. The molecule has 7 nitrogen and oxygen atoms in total. The van der Waals surface area contributed by atoms with Gasteiger partial charge in [0, 0.05) is 17.0 Å². The molecule has 0 bridgehead atoms. The summed E-state index contributed by atoms with van der Waals surface area (Å²) >= 11 is 0. The van der Waals surface area contributed by atoms with Gasteiger partial charge in [-0.25, -0.2) is 0 Å². The first kappa shape index (κ1) is 19.8. The molecule has 2 saturated heterocycles. The molecule has 2 fully saturated rings. The Balaban J connectivity index is 1.60. The Morgan fingerprint density at radius 2 is 1.77 bits per heavy atom. The van der Waals surface area contributed by atoms with Crippen LogP contribution in [0.1, 0.15) is 25.0 Å². The molecule has 3 amide bonds. The SMILES string of the molecule is COc1ccccc1CN1C(=O)[C@@H]2[C@@H](C(C)C)[NH2+][C@@]3(C(=O)Nc4ccccc43)[C@H]2C1=O. The highest BCUT2D eigenvalue weighted by atomic mass is 16.5. The third-order valence-corrected chi connectivity index (χ3v) is 7.09. The van der Waals surface area contributed by atoms with Gasteiger partial charge in [0.25, 0.3) is 5.91 Å². The molecule has 0 unspecified atom stereocenters. The number of carbonyl (C=O) groups excluding carboxylic acids is 3. The molecule has 160 valence electrons. The molecular weight excluding hydrogens is 394 g/mol. The van der Waals surface area contributed by atoms with Gasteiger partial charge in [0.05, 0.1) is 19.3 Å². The van der Waals surface area contributed by atoms with E-state index in [9.17, 15) is 14.4 Å². The quantitative estimate of drug-likeness (QED) is 0.728. The van der Waals surface area contributed by atoms with E-state index in [1.807, 2.05) is 67.7 Å². The topological polar surface area (TPSA) is 92.3 Å². The second-order valence-electron chi connectivity index (χ2n) is 8.93. The number of anilines is 1. The summed E-state index contributed by atoms with van der Waals surface area (Å²) in [5.74, 6) is -1.23. The number of ether oxygens (including phenoxy) is 1. The summed E-state index contributed by atoms with van der Waals surface area (Å²) in [4.78, 5) is 42.0. The van der Waals surface area contributed by atoms with Crippen molar-refractivity contribution in [2.75, 3.05) is 12.4 Å². The highest BCUT2D eigenvalue weighted by molar-refractivity contribution is 6.13. The van der Waals surface area contributed by atoms with Gasteiger partial charge in [-0.15, -0.1) is 0 Å². The van der Waals surface area contributed by atoms with Crippen molar-refractivity contribution in [3.05, 3.63) is 59.7 Å². The Morgan fingerprint density at radius 1 is 1.06 bits per heavy atom. The molecule has 5 rings (SSSR count). The van der Waals surface area contributed by atoms with Gasteiger partial charge in [0.1, 0.15) is 23.6 Å². The number of fused-ring (bicyclic) bond motifs is 4. The van der Waals surface area contributed by atoms with Crippen molar-refractivity contribution < 1.29 is 24.4 Å². The molecule has 3 aliphatic rings. The number of quaternary nitrogens is 1. The monoisotopic (exact) mass is 420 g/mol. The van der Waals surface area contributed by atoms with Gasteiger partial charge in [-0.2, -0.15) is 0 Å². The number of methoxy groups -OCH3 is 1. The number of nitrogens with zero attached hydrogens (tertiary/aromatic N) is 1. The van der Waals surface area contributed by atoms with E-state index in [0.717, 1.165) is 16.8 Å². The number of hydrogen-bond donors (Lipinski definition) is 2. The third-order valence-electron chi connectivity index (χ3n) is 7.09. The molecule has 2 aromatic rings. The zero-order valence-electron chi connectivity index (χ0n) is 17.8. The standard InChI is InChI=1S/C24H25N3O4/c1-13(2)20-18-19(24(26-20)15-9-5-6-10-16(15)25-23(24)30)22(29)27(21(18)28)12-14-8-4-7-11-17(14)31-3/h4-11,13,18-20,26H,12H2,1-3H3,(H,25,30)/p+1/t18-,19+,20+,24+/m0/s1. The second-order valence-corrected chi connectivity index (χ2v) is 8.93. The molecule has 0 aliphatic carbocycles. The summed E-state index contributed by atoms with van der Waals surface area (Å²) in [5.41, 5.74) is 1.16. The molecule has 2 aromatic carbocycles. The summed E-state index contributed by atoms with van der Waals surface area (Å²) in [6.07, 6.45) is 0. The maximum absolute atomic E-state index is 13.8. The zero-order chi connectivity index (χ0) is 21.9. The Bertz CT molecular complexity index is 1100. The molecule has 3 aliphatic heterocycles. The lowest BCUT2D eigenvalue weighted by atomic mass is 9.76. The van der Waals surface area contributed by atoms with Crippen LogP contribution in [0.2, 0.25) is 0 Å². The van der Waals surface area contributed by atoms with E-state index in [1.54, 1.807) is 7.11 Å². The van der Waals surface area contributed by atoms with E-state index in [2.05, 4.69) is 5.32 Å². The van der Waals surface area contributed by atoms with Crippen LogP contribution in [0.3, 0.4) is 0 Å². The van der Waals surface area contributed by atoms with E-state index in [4.69, 9.17) is 4.74 Å². The average molecular weight is 420 g/mol. The van der Waals surface area contributed by atoms with Crippen molar-refractivity contribution in [2.24, 2.45) is 17.8 Å². The number of hydrogen-bond acceptors (Lipinski definition) is 4. The number of carbonyl (C=O) groups is 3.